The molecule has 0 radical (unpaired) electrons. The molecule has 2 aliphatic carbocycles. The van der Waals surface area contributed by atoms with E-state index in [0.29, 0.717) is 29.2 Å². The summed E-state index contributed by atoms with van der Waals surface area (Å²) in [6, 6.07) is 6.53. The molecule has 0 unspecified atom stereocenters. The van der Waals surface area contributed by atoms with Crippen molar-refractivity contribution in [1.29, 1.82) is 0 Å². The van der Waals surface area contributed by atoms with Gasteiger partial charge in [-0.25, -0.2) is 8.42 Å². The fourth-order valence-corrected chi connectivity index (χ4v) is 6.38. The monoisotopic (exact) mass is 357 g/mol. The third-order valence-corrected chi connectivity index (χ3v) is 7.63. The van der Waals surface area contributed by atoms with E-state index in [-0.39, 0.29) is 6.04 Å². The van der Waals surface area contributed by atoms with Gasteiger partial charge in [0.2, 0.25) is 10.0 Å². The van der Waals surface area contributed by atoms with Gasteiger partial charge in [0.25, 0.3) is 0 Å². The molecule has 1 saturated heterocycles. The van der Waals surface area contributed by atoms with Crippen LogP contribution in [0.2, 0.25) is 0 Å². The van der Waals surface area contributed by atoms with Gasteiger partial charge >= 0.3 is 0 Å². The highest BCUT2D eigenvalue weighted by Crippen LogP contribution is 2.56. The van der Waals surface area contributed by atoms with Crippen molar-refractivity contribution in [2.75, 3.05) is 6.54 Å². The molecule has 0 spiro atoms. The molecule has 3 fully saturated rings. The van der Waals surface area contributed by atoms with Crippen LogP contribution in [0.1, 0.15) is 12.8 Å². The lowest BCUT2D eigenvalue weighted by Gasteiger charge is -2.28. The van der Waals surface area contributed by atoms with E-state index >= 15 is 0 Å². The van der Waals surface area contributed by atoms with E-state index in [0.717, 1.165) is 17.3 Å². The molecule has 3 aliphatic rings. The second-order valence-electron chi connectivity index (χ2n) is 6.17. The molecule has 1 aliphatic heterocycles. The molecule has 1 N–H and O–H groups in total. The molecule has 0 amide bonds. The first-order valence-corrected chi connectivity index (χ1v) is 9.17. The Bertz CT molecular complexity index is 643. The van der Waals surface area contributed by atoms with E-state index in [1.54, 1.807) is 28.6 Å². The average Bonchev–Trinajstić information content (AvgIpc) is 3.00. The largest absolute Gasteiger partial charge is 0.391 e. The maximum Gasteiger partial charge on any atom is 0.243 e. The zero-order valence-corrected chi connectivity index (χ0v) is 13.2. The van der Waals surface area contributed by atoms with Crippen molar-refractivity contribution in [2.24, 2.45) is 17.8 Å². The molecule has 1 aromatic rings. The minimum atomic E-state index is -3.50. The molecule has 4 rings (SSSR count). The average molecular weight is 358 g/mol. The van der Waals surface area contributed by atoms with Crippen molar-refractivity contribution in [1.82, 2.24) is 4.31 Å². The van der Waals surface area contributed by atoms with Crippen molar-refractivity contribution in [3.8, 4) is 0 Å². The van der Waals surface area contributed by atoms with E-state index in [4.69, 9.17) is 0 Å². The van der Waals surface area contributed by atoms with Crippen molar-refractivity contribution in [3.05, 3.63) is 28.7 Å². The number of aliphatic hydroxyl groups excluding tert-OH is 1. The van der Waals surface area contributed by atoms with Crippen molar-refractivity contribution < 1.29 is 13.5 Å². The summed E-state index contributed by atoms with van der Waals surface area (Å²) in [6.07, 6.45) is 1.49. The predicted molar refractivity (Wildman–Crippen MR) is 77.5 cm³/mol. The molecule has 6 heteroatoms. The Labute approximate surface area is 127 Å². The van der Waals surface area contributed by atoms with Crippen LogP contribution in [0.15, 0.2) is 33.6 Å². The van der Waals surface area contributed by atoms with Crippen LogP contribution in [-0.2, 0) is 10.0 Å². The molecule has 2 bridgehead atoms. The summed E-state index contributed by atoms with van der Waals surface area (Å²) < 4.78 is 28.0. The van der Waals surface area contributed by atoms with Crippen molar-refractivity contribution in [2.45, 2.75) is 29.9 Å². The van der Waals surface area contributed by atoms with Gasteiger partial charge < -0.3 is 5.11 Å². The third kappa shape index (κ3) is 1.68. The Kier molecular flexibility index (Phi) is 2.84. The second kappa shape index (κ2) is 4.29. The number of sulfonamides is 1. The molecule has 2 saturated carbocycles. The van der Waals surface area contributed by atoms with Crippen LogP contribution in [0.5, 0.6) is 0 Å². The van der Waals surface area contributed by atoms with Crippen LogP contribution in [0.3, 0.4) is 0 Å². The number of fused-ring (bicyclic) bond motifs is 1. The van der Waals surface area contributed by atoms with Crippen LogP contribution < -0.4 is 0 Å². The summed E-state index contributed by atoms with van der Waals surface area (Å²) in [4.78, 5) is 0.317. The highest BCUT2D eigenvalue weighted by molar-refractivity contribution is 9.10. The third-order valence-electron chi connectivity index (χ3n) is 5.22. The molecular weight excluding hydrogens is 342 g/mol. The van der Waals surface area contributed by atoms with Crippen molar-refractivity contribution in [3.63, 3.8) is 0 Å². The Balaban J connectivity index is 1.72. The standard InChI is InChI=1S/C14H16BrNO3S/c15-10-1-3-11(4-2-10)20(18,19)16-7-9-5-8-6-12(9)13(16)14(8)17/h1-4,8-9,12-14,17H,5-7H2/t8-,9-,12+,13-,14+/m0/s1. The Morgan fingerprint density at radius 3 is 2.50 bits per heavy atom. The molecule has 1 heterocycles. The highest BCUT2D eigenvalue weighted by Gasteiger charge is 2.61. The van der Waals surface area contributed by atoms with Crippen LogP contribution in [0.4, 0.5) is 0 Å². The number of hydrogen-bond donors (Lipinski definition) is 1. The van der Waals surface area contributed by atoms with E-state index in [2.05, 4.69) is 15.9 Å². The van der Waals surface area contributed by atoms with Gasteiger partial charge in [0.15, 0.2) is 0 Å². The fraction of sp³-hybridized carbons (Fsp3) is 0.571. The molecule has 0 aromatic heterocycles. The van der Waals surface area contributed by atoms with Gasteiger partial charge in [0.05, 0.1) is 17.0 Å². The van der Waals surface area contributed by atoms with E-state index in [1.165, 1.54) is 0 Å². The highest BCUT2D eigenvalue weighted by atomic mass is 79.9. The summed E-state index contributed by atoms with van der Waals surface area (Å²) in [5.41, 5.74) is 0. The van der Waals surface area contributed by atoms with E-state index in [9.17, 15) is 13.5 Å². The minimum Gasteiger partial charge on any atom is -0.391 e. The van der Waals surface area contributed by atoms with Crippen LogP contribution >= 0.6 is 15.9 Å². The smallest absolute Gasteiger partial charge is 0.243 e. The fourth-order valence-electron chi connectivity index (χ4n) is 4.38. The molecule has 4 nitrogen and oxygen atoms in total. The predicted octanol–water partition coefficient (Wildman–Crippen LogP) is 1.84. The Hall–Kier alpha value is -0.430. The summed E-state index contributed by atoms with van der Waals surface area (Å²) >= 11 is 3.32. The van der Waals surface area contributed by atoms with Gasteiger partial charge in [-0.05, 0) is 54.9 Å². The van der Waals surface area contributed by atoms with Gasteiger partial charge in [-0.2, -0.15) is 4.31 Å². The van der Waals surface area contributed by atoms with Gasteiger partial charge in [0.1, 0.15) is 0 Å². The van der Waals surface area contributed by atoms with Crippen molar-refractivity contribution >= 4 is 26.0 Å². The Morgan fingerprint density at radius 2 is 1.85 bits per heavy atom. The zero-order valence-electron chi connectivity index (χ0n) is 10.8. The summed E-state index contributed by atoms with van der Waals surface area (Å²) in [6.45, 7) is 0.571. The number of aliphatic hydroxyl groups is 1. The zero-order chi connectivity index (χ0) is 14.1. The normalized spacial score (nSPS) is 39.6. The first kappa shape index (κ1) is 13.2. The number of benzene rings is 1. The minimum absolute atomic E-state index is 0.201. The second-order valence-corrected chi connectivity index (χ2v) is 8.97. The first-order chi connectivity index (χ1) is 9.48. The SMILES string of the molecule is O=S(=O)(c1ccc(Br)cc1)N1C[C@@H]2C[C@H]3C[C@H]2[C@H]1[C@@H]3O. The van der Waals surface area contributed by atoms with E-state index < -0.39 is 16.1 Å². The van der Waals surface area contributed by atoms with Gasteiger partial charge in [-0.15, -0.1) is 0 Å². The lowest BCUT2D eigenvalue weighted by atomic mass is 9.88. The van der Waals surface area contributed by atoms with Gasteiger partial charge in [-0.1, -0.05) is 15.9 Å². The van der Waals surface area contributed by atoms with Crippen LogP contribution in [0.25, 0.3) is 0 Å². The summed E-state index contributed by atoms with van der Waals surface area (Å²) in [5.74, 6) is 1.11. The van der Waals surface area contributed by atoms with Gasteiger partial charge in [0, 0.05) is 11.0 Å². The van der Waals surface area contributed by atoms with Gasteiger partial charge in [-0.3, -0.25) is 0 Å². The quantitative estimate of drug-likeness (QED) is 0.878. The number of halogens is 1. The molecule has 108 valence electrons. The number of hydrogen-bond acceptors (Lipinski definition) is 3. The molecular formula is C14H16BrNO3S. The van der Waals surface area contributed by atoms with Crippen LogP contribution in [-0.4, -0.2) is 36.5 Å². The van der Waals surface area contributed by atoms with E-state index in [1.807, 2.05) is 0 Å². The molecule has 1 aromatic carbocycles. The maximum atomic E-state index is 12.8. The molecule has 20 heavy (non-hydrogen) atoms. The lowest BCUT2D eigenvalue weighted by Crippen LogP contribution is -2.43. The summed E-state index contributed by atoms with van der Waals surface area (Å²) in [7, 11) is -3.50. The number of nitrogens with zero attached hydrogens (tertiary/aromatic N) is 1. The Morgan fingerprint density at radius 1 is 1.15 bits per heavy atom. The topological polar surface area (TPSA) is 57.6 Å². The van der Waals surface area contributed by atoms with Crippen LogP contribution in [0, 0.1) is 17.8 Å². The molecule has 5 atom stereocenters. The summed E-state index contributed by atoms with van der Waals surface area (Å²) in [5, 5.41) is 10.3. The number of rotatable bonds is 2. The maximum absolute atomic E-state index is 12.8. The first-order valence-electron chi connectivity index (χ1n) is 6.94. The lowest BCUT2D eigenvalue weighted by molar-refractivity contribution is 0.0731.